The van der Waals surface area contributed by atoms with Crippen LogP contribution in [0.5, 0.6) is 0 Å². The van der Waals surface area contributed by atoms with Crippen molar-refractivity contribution in [3.63, 3.8) is 0 Å². The van der Waals surface area contributed by atoms with Gasteiger partial charge in [0.05, 0.1) is 13.2 Å². The maximum atomic E-state index is 12.7. The smallest absolute Gasteiger partial charge is 0.408 e. The lowest BCUT2D eigenvalue weighted by Crippen LogP contribution is -2.50. The zero-order valence-corrected chi connectivity index (χ0v) is 15.1. The molecule has 0 heterocycles. The van der Waals surface area contributed by atoms with Crippen LogP contribution in [0.3, 0.4) is 0 Å². The van der Waals surface area contributed by atoms with Crippen molar-refractivity contribution in [2.45, 2.75) is 51.7 Å². The molecule has 1 N–H and O–H groups in total. The molecule has 0 aliphatic heterocycles. The van der Waals surface area contributed by atoms with Crippen molar-refractivity contribution in [3.8, 4) is 0 Å². The SMILES string of the molecule is COC(=O)[C@]1([C@@H](NC(=O)OC(C)(C)C)c2ccccc2)CCCC1=O. The summed E-state index contributed by atoms with van der Waals surface area (Å²) in [6.07, 6.45) is 0.513. The van der Waals surface area contributed by atoms with Crippen molar-refractivity contribution < 1.29 is 23.9 Å². The fourth-order valence-corrected chi connectivity index (χ4v) is 3.27. The summed E-state index contributed by atoms with van der Waals surface area (Å²) in [4.78, 5) is 37.6. The minimum atomic E-state index is -1.42. The molecular weight excluding hydrogens is 322 g/mol. The van der Waals surface area contributed by atoms with Crippen LogP contribution in [0.25, 0.3) is 0 Å². The molecule has 0 bridgehead atoms. The van der Waals surface area contributed by atoms with E-state index < -0.39 is 29.1 Å². The number of carbonyl (C=O) groups is 3. The van der Waals surface area contributed by atoms with E-state index in [0.29, 0.717) is 18.4 Å². The van der Waals surface area contributed by atoms with Crippen molar-refractivity contribution in [1.29, 1.82) is 0 Å². The van der Waals surface area contributed by atoms with Gasteiger partial charge in [-0.3, -0.25) is 9.59 Å². The van der Waals surface area contributed by atoms with Gasteiger partial charge in [-0.15, -0.1) is 0 Å². The Hall–Kier alpha value is -2.37. The van der Waals surface area contributed by atoms with Crippen molar-refractivity contribution in [2.75, 3.05) is 7.11 Å². The number of ether oxygens (including phenoxy) is 2. The number of Topliss-reactive ketones (excluding diaryl/α,β-unsaturated/α-hetero) is 1. The molecule has 1 amide bonds. The second kappa shape index (κ2) is 7.25. The van der Waals surface area contributed by atoms with Gasteiger partial charge in [0.2, 0.25) is 0 Å². The monoisotopic (exact) mass is 347 g/mol. The van der Waals surface area contributed by atoms with Gasteiger partial charge in [0.15, 0.2) is 11.2 Å². The molecule has 0 spiro atoms. The number of alkyl carbamates (subject to hydrolysis) is 1. The third-order valence-corrected chi connectivity index (χ3v) is 4.31. The zero-order chi connectivity index (χ0) is 18.7. The zero-order valence-electron chi connectivity index (χ0n) is 15.1. The minimum absolute atomic E-state index is 0.218. The van der Waals surface area contributed by atoms with E-state index in [9.17, 15) is 14.4 Å². The lowest BCUT2D eigenvalue weighted by Gasteiger charge is -2.34. The molecule has 1 aromatic rings. The molecule has 0 radical (unpaired) electrons. The van der Waals surface area contributed by atoms with E-state index >= 15 is 0 Å². The number of methoxy groups -OCH3 is 1. The third-order valence-electron chi connectivity index (χ3n) is 4.31. The predicted molar refractivity (Wildman–Crippen MR) is 91.9 cm³/mol. The highest BCUT2D eigenvalue weighted by atomic mass is 16.6. The van der Waals surface area contributed by atoms with E-state index in [4.69, 9.17) is 9.47 Å². The van der Waals surface area contributed by atoms with Gasteiger partial charge in [0.25, 0.3) is 0 Å². The summed E-state index contributed by atoms with van der Waals surface area (Å²) in [6.45, 7) is 5.25. The Morgan fingerprint density at radius 2 is 1.84 bits per heavy atom. The summed E-state index contributed by atoms with van der Waals surface area (Å²) >= 11 is 0. The molecule has 1 saturated carbocycles. The molecule has 2 atom stereocenters. The molecular formula is C19H25NO5. The molecule has 0 aromatic heterocycles. The number of ketones is 1. The van der Waals surface area contributed by atoms with E-state index in [2.05, 4.69) is 5.32 Å². The van der Waals surface area contributed by atoms with Crippen LogP contribution in [0.15, 0.2) is 30.3 Å². The van der Waals surface area contributed by atoms with Crippen LogP contribution in [-0.4, -0.2) is 30.6 Å². The summed E-state index contributed by atoms with van der Waals surface area (Å²) in [5, 5.41) is 2.74. The minimum Gasteiger partial charge on any atom is -0.468 e. The molecule has 1 aliphatic carbocycles. The van der Waals surface area contributed by atoms with Gasteiger partial charge >= 0.3 is 12.1 Å². The first-order valence-corrected chi connectivity index (χ1v) is 8.37. The first-order chi connectivity index (χ1) is 11.7. The maximum absolute atomic E-state index is 12.7. The van der Waals surface area contributed by atoms with Gasteiger partial charge in [-0.2, -0.15) is 0 Å². The number of carbonyl (C=O) groups excluding carboxylic acids is 3. The Morgan fingerprint density at radius 1 is 1.20 bits per heavy atom. The first-order valence-electron chi connectivity index (χ1n) is 8.37. The number of esters is 1. The number of benzene rings is 1. The standard InChI is InChI=1S/C19H25NO5/c1-18(2,3)25-17(23)20-15(13-9-6-5-7-10-13)19(16(22)24-4)12-8-11-14(19)21/h5-7,9-10,15H,8,11-12H2,1-4H3,(H,20,23)/t15-,19+/m0/s1. The molecule has 0 saturated heterocycles. The normalized spacial score (nSPS) is 21.5. The second-order valence-corrected chi connectivity index (χ2v) is 7.23. The number of rotatable bonds is 4. The van der Waals surface area contributed by atoms with Crippen LogP contribution in [0.1, 0.15) is 51.6 Å². The summed E-state index contributed by atoms with van der Waals surface area (Å²) in [5.74, 6) is -0.843. The highest BCUT2D eigenvalue weighted by molar-refractivity contribution is 6.06. The second-order valence-electron chi connectivity index (χ2n) is 7.23. The molecule has 1 fully saturated rings. The summed E-state index contributed by atoms with van der Waals surface area (Å²) < 4.78 is 10.3. The molecule has 0 unspecified atom stereocenters. The van der Waals surface area contributed by atoms with Gasteiger partial charge in [0, 0.05) is 6.42 Å². The Morgan fingerprint density at radius 3 is 2.32 bits per heavy atom. The number of nitrogens with one attached hydrogen (secondary N) is 1. The van der Waals surface area contributed by atoms with Crippen molar-refractivity contribution in [2.24, 2.45) is 5.41 Å². The highest BCUT2D eigenvalue weighted by Gasteiger charge is 2.56. The van der Waals surface area contributed by atoms with E-state index in [1.807, 2.05) is 6.07 Å². The van der Waals surface area contributed by atoms with Gasteiger partial charge in [-0.05, 0) is 39.2 Å². The average Bonchev–Trinajstić information content (AvgIpc) is 2.93. The lowest BCUT2D eigenvalue weighted by atomic mass is 9.74. The summed E-state index contributed by atoms with van der Waals surface area (Å²) in [6, 6.07) is 8.13. The molecule has 6 heteroatoms. The van der Waals surface area contributed by atoms with Crippen molar-refractivity contribution >= 4 is 17.8 Å². The van der Waals surface area contributed by atoms with Gasteiger partial charge in [0.1, 0.15) is 5.60 Å². The fourth-order valence-electron chi connectivity index (χ4n) is 3.27. The topological polar surface area (TPSA) is 81.7 Å². The van der Waals surface area contributed by atoms with Crippen LogP contribution in [0, 0.1) is 5.41 Å². The van der Waals surface area contributed by atoms with Crippen molar-refractivity contribution in [1.82, 2.24) is 5.32 Å². The van der Waals surface area contributed by atoms with Crippen LogP contribution >= 0.6 is 0 Å². The number of hydrogen-bond donors (Lipinski definition) is 1. The summed E-state index contributed by atoms with van der Waals surface area (Å²) in [7, 11) is 1.26. The van der Waals surface area contributed by atoms with Crippen LogP contribution in [-0.2, 0) is 19.1 Å². The van der Waals surface area contributed by atoms with Gasteiger partial charge < -0.3 is 14.8 Å². The van der Waals surface area contributed by atoms with Crippen LogP contribution in [0.4, 0.5) is 4.79 Å². The Labute approximate surface area is 147 Å². The van der Waals surface area contributed by atoms with Gasteiger partial charge in [-0.25, -0.2) is 4.79 Å². The maximum Gasteiger partial charge on any atom is 0.408 e. The number of amides is 1. The Balaban J connectivity index is 2.45. The molecule has 6 nitrogen and oxygen atoms in total. The molecule has 1 aliphatic rings. The number of hydrogen-bond acceptors (Lipinski definition) is 5. The molecule has 25 heavy (non-hydrogen) atoms. The molecule has 136 valence electrons. The Kier molecular flexibility index (Phi) is 5.50. The summed E-state index contributed by atoms with van der Waals surface area (Å²) in [5.41, 5.74) is -1.45. The quantitative estimate of drug-likeness (QED) is 0.668. The lowest BCUT2D eigenvalue weighted by molar-refractivity contribution is -0.158. The van der Waals surface area contributed by atoms with E-state index in [-0.39, 0.29) is 12.2 Å². The van der Waals surface area contributed by atoms with Crippen molar-refractivity contribution in [3.05, 3.63) is 35.9 Å². The average molecular weight is 347 g/mol. The molecule has 1 aromatic carbocycles. The first kappa shape index (κ1) is 19.0. The van der Waals surface area contributed by atoms with Gasteiger partial charge in [-0.1, -0.05) is 30.3 Å². The fraction of sp³-hybridized carbons (Fsp3) is 0.526. The Bertz CT molecular complexity index is 650. The predicted octanol–water partition coefficient (Wildman–Crippen LogP) is 3.16. The van der Waals surface area contributed by atoms with E-state index in [1.165, 1.54) is 7.11 Å². The largest absolute Gasteiger partial charge is 0.468 e. The van der Waals surface area contributed by atoms with E-state index in [0.717, 1.165) is 0 Å². The van der Waals surface area contributed by atoms with E-state index in [1.54, 1.807) is 45.0 Å². The van der Waals surface area contributed by atoms with Crippen LogP contribution in [0.2, 0.25) is 0 Å². The molecule has 2 rings (SSSR count). The van der Waals surface area contributed by atoms with Crippen LogP contribution < -0.4 is 5.32 Å². The third kappa shape index (κ3) is 4.00. The highest BCUT2D eigenvalue weighted by Crippen LogP contribution is 2.46.